The second-order valence-corrected chi connectivity index (χ2v) is 6.09. The molecule has 3 nitrogen and oxygen atoms in total. The van der Waals surface area contributed by atoms with Gasteiger partial charge < -0.3 is 11.1 Å². The summed E-state index contributed by atoms with van der Waals surface area (Å²) in [6.45, 7) is 0.334. The van der Waals surface area contributed by atoms with Crippen LogP contribution in [-0.2, 0) is 0 Å². The van der Waals surface area contributed by atoms with Gasteiger partial charge in [-0.05, 0) is 24.1 Å². The Morgan fingerprint density at radius 3 is 2.86 bits per heavy atom. The van der Waals surface area contributed by atoms with Crippen LogP contribution in [0.2, 0.25) is 0 Å². The maximum absolute atomic E-state index is 12.2. The molecular formula is C17H16N2OS. The van der Waals surface area contributed by atoms with E-state index in [9.17, 15) is 4.79 Å². The Bertz CT molecular complexity index is 696. The monoisotopic (exact) mass is 296 g/mol. The van der Waals surface area contributed by atoms with Gasteiger partial charge in [-0.1, -0.05) is 42.2 Å². The molecular weight excluding hydrogens is 280 g/mol. The fraction of sp³-hybridized carbons (Fsp3) is 0.235. The van der Waals surface area contributed by atoms with Crippen LogP contribution in [0.15, 0.2) is 42.5 Å². The average Bonchev–Trinajstić information content (AvgIpc) is 3.11. The van der Waals surface area contributed by atoms with E-state index in [1.54, 1.807) is 0 Å². The molecule has 0 saturated heterocycles. The van der Waals surface area contributed by atoms with Crippen LogP contribution in [0, 0.1) is 11.8 Å². The molecule has 4 heteroatoms. The van der Waals surface area contributed by atoms with E-state index in [1.807, 2.05) is 30.3 Å². The van der Waals surface area contributed by atoms with E-state index >= 15 is 0 Å². The Labute approximate surface area is 128 Å². The van der Waals surface area contributed by atoms with Crippen molar-refractivity contribution in [1.82, 2.24) is 5.32 Å². The molecule has 2 aromatic rings. The van der Waals surface area contributed by atoms with Crippen LogP contribution in [0.4, 0.5) is 0 Å². The minimum absolute atomic E-state index is 0.00997. The van der Waals surface area contributed by atoms with Crippen molar-refractivity contribution in [1.29, 1.82) is 0 Å². The number of hydrogen-bond acceptors (Lipinski definition) is 3. The lowest BCUT2D eigenvalue weighted by molar-refractivity contribution is 0.0954. The summed E-state index contributed by atoms with van der Waals surface area (Å²) in [5.41, 5.74) is 6.63. The van der Waals surface area contributed by atoms with Crippen molar-refractivity contribution >= 4 is 17.2 Å². The zero-order valence-corrected chi connectivity index (χ0v) is 12.3. The smallest absolute Gasteiger partial charge is 0.261 e. The minimum Gasteiger partial charge on any atom is -0.348 e. The Kier molecular flexibility index (Phi) is 4.05. The Balaban J connectivity index is 1.59. The van der Waals surface area contributed by atoms with Crippen molar-refractivity contribution in [3.05, 3.63) is 57.8 Å². The first kappa shape index (κ1) is 13.9. The molecule has 0 spiro atoms. The van der Waals surface area contributed by atoms with Crippen LogP contribution in [0.5, 0.6) is 0 Å². The molecule has 1 heterocycles. The number of amides is 1. The zero-order valence-electron chi connectivity index (χ0n) is 11.5. The molecule has 0 aliphatic heterocycles. The third-order valence-corrected chi connectivity index (χ3v) is 4.48. The van der Waals surface area contributed by atoms with Gasteiger partial charge in [0.05, 0.1) is 16.3 Å². The Hall–Kier alpha value is -2.09. The summed E-state index contributed by atoms with van der Waals surface area (Å²) in [6, 6.07) is 14.2. The zero-order chi connectivity index (χ0) is 14.7. The molecule has 1 amide bonds. The van der Waals surface area contributed by atoms with E-state index in [2.05, 4.69) is 29.3 Å². The van der Waals surface area contributed by atoms with E-state index in [0.717, 1.165) is 11.3 Å². The lowest BCUT2D eigenvalue weighted by atomic mass is 10.1. The summed E-state index contributed by atoms with van der Waals surface area (Å²) >= 11 is 1.41. The van der Waals surface area contributed by atoms with E-state index in [4.69, 9.17) is 5.73 Å². The molecule has 1 aromatic carbocycles. The van der Waals surface area contributed by atoms with Crippen molar-refractivity contribution in [2.75, 3.05) is 6.54 Å². The third-order valence-electron chi connectivity index (χ3n) is 3.48. The molecule has 1 aliphatic carbocycles. The number of rotatable bonds is 3. The number of carbonyl (C=O) groups excluding carboxylic acids is 1. The first-order chi connectivity index (χ1) is 10.3. The molecule has 2 atom stereocenters. The third kappa shape index (κ3) is 3.33. The molecule has 1 aliphatic rings. The van der Waals surface area contributed by atoms with Crippen LogP contribution < -0.4 is 11.1 Å². The first-order valence-electron chi connectivity index (χ1n) is 6.92. The van der Waals surface area contributed by atoms with Crippen LogP contribution in [-0.4, -0.2) is 18.5 Å². The number of hydrogen-bond donors (Lipinski definition) is 2. The fourth-order valence-corrected chi connectivity index (χ4v) is 3.11. The van der Waals surface area contributed by atoms with Gasteiger partial charge in [-0.15, -0.1) is 11.3 Å². The number of nitrogens with one attached hydrogen (secondary N) is 1. The molecule has 106 valence electrons. The van der Waals surface area contributed by atoms with Crippen molar-refractivity contribution in [3.8, 4) is 11.8 Å². The molecule has 3 N–H and O–H groups in total. The van der Waals surface area contributed by atoms with E-state index < -0.39 is 0 Å². The van der Waals surface area contributed by atoms with Gasteiger partial charge in [0, 0.05) is 12.0 Å². The topological polar surface area (TPSA) is 55.1 Å². The largest absolute Gasteiger partial charge is 0.348 e. The quantitative estimate of drug-likeness (QED) is 0.854. The SMILES string of the molecule is NCC#Cc1ccc(C(=O)NC2CC2c2ccccc2)s1. The number of benzene rings is 1. The summed E-state index contributed by atoms with van der Waals surface area (Å²) in [7, 11) is 0. The van der Waals surface area contributed by atoms with Crippen molar-refractivity contribution in [2.24, 2.45) is 5.73 Å². The molecule has 0 bridgehead atoms. The second kappa shape index (κ2) is 6.13. The minimum atomic E-state index is -0.00997. The van der Waals surface area contributed by atoms with Gasteiger partial charge in [0.2, 0.25) is 0 Å². The molecule has 1 saturated carbocycles. The Morgan fingerprint density at radius 1 is 1.29 bits per heavy atom. The highest BCUT2D eigenvalue weighted by Crippen LogP contribution is 2.40. The standard InChI is InChI=1S/C17H16N2OS/c18-10-4-7-13-8-9-16(21-13)17(20)19-15-11-14(15)12-5-2-1-3-6-12/h1-3,5-6,8-9,14-15H,10-11,18H2,(H,19,20). The highest BCUT2D eigenvalue weighted by molar-refractivity contribution is 7.14. The van der Waals surface area contributed by atoms with E-state index in [1.165, 1.54) is 16.9 Å². The van der Waals surface area contributed by atoms with Crippen LogP contribution in [0.1, 0.15) is 32.5 Å². The maximum Gasteiger partial charge on any atom is 0.261 e. The molecule has 3 rings (SSSR count). The lowest BCUT2D eigenvalue weighted by Gasteiger charge is -2.03. The highest BCUT2D eigenvalue weighted by Gasteiger charge is 2.39. The summed E-state index contributed by atoms with van der Waals surface area (Å²) in [6.07, 6.45) is 1.01. The van der Waals surface area contributed by atoms with Crippen LogP contribution >= 0.6 is 11.3 Å². The molecule has 2 unspecified atom stereocenters. The molecule has 1 fully saturated rings. The number of carbonyl (C=O) groups is 1. The van der Waals surface area contributed by atoms with Gasteiger partial charge >= 0.3 is 0 Å². The highest BCUT2D eigenvalue weighted by atomic mass is 32.1. The average molecular weight is 296 g/mol. The second-order valence-electron chi connectivity index (χ2n) is 5.00. The summed E-state index contributed by atoms with van der Waals surface area (Å²) in [5, 5.41) is 3.09. The van der Waals surface area contributed by atoms with E-state index in [0.29, 0.717) is 17.3 Å². The fourth-order valence-electron chi connectivity index (χ4n) is 2.33. The normalized spacial score (nSPS) is 19.5. The van der Waals surface area contributed by atoms with Crippen LogP contribution in [0.3, 0.4) is 0 Å². The summed E-state index contributed by atoms with van der Waals surface area (Å²) in [5.74, 6) is 6.18. The predicted octanol–water partition coefficient (Wildman–Crippen LogP) is 2.34. The molecule has 0 radical (unpaired) electrons. The Morgan fingerprint density at radius 2 is 2.10 bits per heavy atom. The predicted molar refractivity (Wildman–Crippen MR) is 85.3 cm³/mol. The van der Waals surface area contributed by atoms with E-state index in [-0.39, 0.29) is 11.9 Å². The van der Waals surface area contributed by atoms with Gasteiger partial charge in [0.25, 0.3) is 5.91 Å². The lowest BCUT2D eigenvalue weighted by Crippen LogP contribution is -2.25. The van der Waals surface area contributed by atoms with Crippen LogP contribution in [0.25, 0.3) is 0 Å². The van der Waals surface area contributed by atoms with Gasteiger partial charge in [0.1, 0.15) is 0 Å². The van der Waals surface area contributed by atoms with Gasteiger partial charge in [-0.2, -0.15) is 0 Å². The van der Waals surface area contributed by atoms with Gasteiger partial charge in [-0.3, -0.25) is 4.79 Å². The summed E-state index contributed by atoms with van der Waals surface area (Å²) in [4.78, 5) is 13.8. The van der Waals surface area contributed by atoms with Gasteiger partial charge in [0.15, 0.2) is 0 Å². The van der Waals surface area contributed by atoms with Crippen molar-refractivity contribution in [3.63, 3.8) is 0 Å². The first-order valence-corrected chi connectivity index (χ1v) is 7.74. The summed E-state index contributed by atoms with van der Waals surface area (Å²) < 4.78 is 0. The van der Waals surface area contributed by atoms with Crippen molar-refractivity contribution in [2.45, 2.75) is 18.4 Å². The number of thiophene rings is 1. The maximum atomic E-state index is 12.2. The van der Waals surface area contributed by atoms with Gasteiger partial charge in [-0.25, -0.2) is 0 Å². The molecule has 1 aromatic heterocycles. The van der Waals surface area contributed by atoms with Crippen molar-refractivity contribution < 1.29 is 4.79 Å². The number of nitrogens with two attached hydrogens (primary N) is 1. The molecule has 21 heavy (non-hydrogen) atoms.